The van der Waals surface area contributed by atoms with E-state index in [9.17, 15) is 5.11 Å². The molecule has 0 saturated heterocycles. The van der Waals surface area contributed by atoms with Crippen LogP contribution in [0.2, 0.25) is 18.1 Å². The predicted molar refractivity (Wildman–Crippen MR) is 111 cm³/mol. The summed E-state index contributed by atoms with van der Waals surface area (Å²) in [4.78, 5) is 0. The summed E-state index contributed by atoms with van der Waals surface area (Å²) >= 11 is 0. The first-order chi connectivity index (χ1) is 11.3. The van der Waals surface area contributed by atoms with Crippen LogP contribution in [-0.4, -0.2) is 39.3 Å². The number of hydrogen-bond donors (Lipinski definition) is 1. The normalized spacial score (nSPS) is 19.9. The van der Waals surface area contributed by atoms with Gasteiger partial charge in [-0.1, -0.05) is 59.3 Å². The lowest BCUT2D eigenvalue weighted by molar-refractivity contribution is 0.00586. The number of hydrogen-bond acceptors (Lipinski definition) is 3. The molecule has 0 fully saturated rings. The third-order valence-electron chi connectivity index (χ3n) is 5.97. The van der Waals surface area contributed by atoms with E-state index in [0.29, 0.717) is 5.92 Å². The molecule has 3 nitrogen and oxygen atoms in total. The Morgan fingerprint density at radius 3 is 2.08 bits per heavy atom. The molecule has 4 heteroatoms. The number of aliphatic hydroxyl groups is 1. The molecule has 0 radical (unpaired) electrons. The molecule has 0 aliphatic carbocycles. The lowest BCUT2D eigenvalue weighted by atomic mass is 9.87. The minimum Gasteiger partial charge on any atom is -0.410 e. The van der Waals surface area contributed by atoms with Crippen molar-refractivity contribution in [3.8, 4) is 0 Å². The van der Waals surface area contributed by atoms with Gasteiger partial charge in [0.25, 0.3) is 0 Å². The van der Waals surface area contributed by atoms with Crippen molar-refractivity contribution in [1.82, 2.24) is 0 Å². The monoisotopic (exact) mass is 370 g/mol. The molecule has 1 N–H and O–H groups in total. The molecule has 0 aromatic heterocycles. The fourth-order valence-corrected chi connectivity index (χ4v) is 4.01. The Bertz CT molecular complexity index is 437. The Morgan fingerprint density at radius 2 is 1.72 bits per heavy atom. The van der Waals surface area contributed by atoms with Crippen LogP contribution in [-0.2, 0) is 9.16 Å². The van der Waals surface area contributed by atoms with Gasteiger partial charge in [-0.3, -0.25) is 0 Å². The van der Waals surface area contributed by atoms with Crippen LogP contribution in [0.25, 0.3) is 0 Å². The van der Waals surface area contributed by atoms with Gasteiger partial charge >= 0.3 is 0 Å². The first kappa shape index (κ1) is 24.6. The molecule has 0 rings (SSSR count). The van der Waals surface area contributed by atoms with E-state index in [1.54, 1.807) is 7.11 Å². The van der Waals surface area contributed by atoms with E-state index in [0.717, 1.165) is 0 Å². The molecule has 25 heavy (non-hydrogen) atoms. The molecular formula is C21H42O3Si. The summed E-state index contributed by atoms with van der Waals surface area (Å²) in [6.07, 6.45) is 3.93. The van der Waals surface area contributed by atoms with E-state index >= 15 is 0 Å². The molecule has 0 spiro atoms. The van der Waals surface area contributed by atoms with Gasteiger partial charge in [-0.2, -0.15) is 0 Å². The Balaban J connectivity index is 5.59. The minimum absolute atomic E-state index is 0.0602. The van der Waals surface area contributed by atoms with Gasteiger partial charge in [0.15, 0.2) is 8.32 Å². The molecule has 0 amide bonds. The summed E-state index contributed by atoms with van der Waals surface area (Å²) in [7, 11) is -0.214. The summed E-state index contributed by atoms with van der Waals surface area (Å²) < 4.78 is 12.4. The quantitative estimate of drug-likeness (QED) is 0.412. The number of rotatable bonds is 10. The van der Waals surface area contributed by atoms with E-state index < -0.39 is 8.32 Å². The second kappa shape index (κ2) is 10.1. The Hall–Kier alpha value is -0.423. The fraction of sp³-hybridized carbons (Fsp3) is 0.810. The second-order valence-electron chi connectivity index (χ2n) is 9.00. The smallest absolute Gasteiger partial charge is 0.192 e. The number of ether oxygens (including phenoxy) is 1. The van der Waals surface area contributed by atoms with Crippen LogP contribution in [0, 0.1) is 17.8 Å². The maximum Gasteiger partial charge on any atom is 0.192 e. The van der Waals surface area contributed by atoms with Crippen LogP contribution >= 0.6 is 0 Å². The van der Waals surface area contributed by atoms with Gasteiger partial charge in [-0.25, -0.2) is 0 Å². The molecule has 0 aromatic rings. The van der Waals surface area contributed by atoms with Crippen molar-refractivity contribution in [2.24, 2.45) is 17.8 Å². The van der Waals surface area contributed by atoms with E-state index in [-0.39, 0.29) is 35.7 Å². The van der Waals surface area contributed by atoms with Crippen molar-refractivity contribution in [3.05, 3.63) is 24.3 Å². The lowest BCUT2D eigenvalue weighted by Gasteiger charge is -2.42. The molecule has 0 aliphatic rings. The number of methoxy groups -OCH3 is 1. The predicted octanol–water partition coefficient (Wildman–Crippen LogP) is 5.42. The lowest BCUT2D eigenvalue weighted by Crippen LogP contribution is -2.49. The van der Waals surface area contributed by atoms with Crippen LogP contribution < -0.4 is 0 Å². The van der Waals surface area contributed by atoms with Crippen molar-refractivity contribution in [3.63, 3.8) is 0 Å². The van der Waals surface area contributed by atoms with Crippen LogP contribution in [0.4, 0.5) is 0 Å². The zero-order chi connectivity index (χ0) is 20.0. The van der Waals surface area contributed by atoms with Crippen LogP contribution in [0.5, 0.6) is 0 Å². The van der Waals surface area contributed by atoms with Gasteiger partial charge in [0.05, 0.1) is 6.10 Å². The molecular weight excluding hydrogens is 328 g/mol. The summed E-state index contributed by atoms with van der Waals surface area (Å²) in [5.41, 5.74) is 1.29. The highest BCUT2D eigenvalue weighted by Crippen LogP contribution is 2.39. The van der Waals surface area contributed by atoms with Crippen molar-refractivity contribution in [1.29, 1.82) is 0 Å². The third kappa shape index (κ3) is 7.01. The second-order valence-corrected chi connectivity index (χ2v) is 13.8. The highest BCUT2D eigenvalue weighted by Gasteiger charge is 2.41. The fourth-order valence-electron chi connectivity index (χ4n) is 2.62. The SMILES string of the molecule is C=C[C@H](OC)[C@@H](O[Si](C)(C)C(C)(C)C)[C@H](C)/C=C(/C)[C@H](C)[C@H](C)CO. The highest BCUT2D eigenvalue weighted by atomic mass is 28.4. The first-order valence-electron chi connectivity index (χ1n) is 9.44. The van der Waals surface area contributed by atoms with Crippen LogP contribution in [0.1, 0.15) is 48.5 Å². The van der Waals surface area contributed by atoms with Gasteiger partial charge in [0, 0.05) is 19.6 Å². The van der Waals surface area contributed by atoms with Gasteiger partial charge in [0.2, 0.25) is 0 Å². The zero-order valence-electron chi connectivity index (χ0n) is 18.2. The van der Waals surface area contributed by atoms with Crippen molar-refractivity contribution in [2.45, 2.75) is 78.8 Å². The topological polar surface area (TPSA) is 38.7 Å². The van der Waals surface area contributed by atoms with E-state index in [4.69, 9.17) is 9.16 Å². The average molecular weight is 371 g/mol. The summed E-state index contributed by atoms with van der Waals surface area (Å²) in [5, 5.41) is 9.57. The minimum atomic E-state index is -1.93. The third-order valence-corrected chi connectivity index (χ3v) is 10.4. The van der Waals surface area contributed by atoms with E-state index in [1.807, 2.05) is 6.08 Å². The molecule has 0 aliphatic heterocycles. The molecule has 0 unspecified atom stereocenters. The number of aliphatic hydroxyl groups excluding tert-OH is 1. The van der Waals surface area contributed by atoms with Gasteiger partial charge < -0.3 is 14.3 Å². The highest BCUT2D eigenvalue weighted by molar-refractivity contribution is 6.74. The van der Waals surface area contributed by atoms with Crippen molar-refractivity contribution < 1.29 is 14.3 Å². The average Bonchev–Trinajstić information content (AvgIpc) is 2.51. The largest absolute Gasteiger partial charge is 0.410 e. The molecule has 0 saturated carbocycles. The maximum atomic E-state index is 9.42. The van der Waals surface area contributed by atoms with Gasteiger partial charge in [-0.05, 0) is 36.9 Å². The number of allylic oxidation sites excluding steroid dienone is 1. The molecule has 0 heterocycles. The van der Waals surface area contributed by atoms with E-state index in [2.05, 4.69) is 74.2 Å². The molecule has 0 aromatic carbocycles. The molecule has 5 atom stereocenters. The summed E-state index contributed by atoms with van der Waals surface area (Å²) in [6, 6.07) is 0. The Labute approximate surface area is 157 Å². The first-order valence-corrected chi connectivity index (χ1v) is 12.4. The van der Waals surface area contributed by atoms with Crippen LogP contribution in [0.3, 0.4) is 0 Å². The van der Waals surface area contributed by atoms with Crippen LogP contribution in [0.15, 0.2) is 24.3 Å². The van der Waals surface area contributed by atoms with Crippen molar-refractivity contribution in [2.75, 3.05) is 13.7 Å². The summed E-state index contributed by atoms with van der Waals surface area (Å²) in [6.45, 7) is 24.0. The summed E-state index contributed by atoms with van der Waals surface area (Å²) in [5.74, 6) is 0.789. The molecule has 148 valence electrons. The Kier molecular flexibility index (Phi) is 9.88. The van der Waals surface area contributed by atoms with Gasteiger partial charge in [0.1, 0.15) is 6.10 Å². The zero-order valence-corrected chi connectivity index (χ0v) is 19.2. The van der Waals surface area contributed by atoms with E-state index in [1.165, 1.54) is 5.57 Å². The van der Waals surface area contributed by atoms with Crippen molar-refractivity contribution >= 4 is 8.32 Å². The molecule has 0 bridgehead atoms. The Morgan fingerprint density at radius 1 is 1.20 bits per heavy atom. The van der Waals surface area contributed by atoms with Gasteiger partial charge in [-0.15, -0.1) is 6.58 Å². The standard InChI is InChI=1S/C21H42O3Si/c1-12-19(23-9)20(24-25(10,11)21(6,7)8)16(3)13-15(2)18(5)17(4)14-22/h12-13,16-20,22H,1,14H2,2-11H3/b15-13-/t16-,17-,18+,19+,20+/m1/s1. The maximum absolute atomic E-state index is 9.42.